The maximum absolute atomic E-state index is 13.9. The number of aromatic nitrogens is 1. The summed E-state index contributed by atoms with van der Waals surface area (Å²) < 4.78 is 46.6. The standard InChI is InChI=1S/C44H41F3N4O7/c45-44(46,47)33-11-4-7-29(23-33)26-51(22-6-21-48-25-38(53)35-17-19-37(52)41-36(35)18-20-39(54)49-41)42(55)31-15-13-28(14-16-31)27-58-34-12-5-10-32(24-34)40(50-43(56)57)30-8-2-1-3-9-30/h1-5,7-20,23-24,38,40,48,50,52-53H,6,21-22,25-27H2,(H,49,54)(H,56,57)/t38?,40-/m0/s1. The quantitative estimate of drug-likeness (QED) is 0.0548. The molecule has 1 heterocycles. The summed E-state index contributed by atoms with van der Waals surface area (Å²) in [5.41, 5.74) is 2.31. The van der Waals surface area contributed by atoms with E-state index in [1.807, 2.05) is 30.3 Å². The van der Waals surface area contributed by atoms with Gasteiger partial charge in [-0.15, -0.1) is 0 Å². The van der Waals surface area contributed by atoms with Gasteiger partial charge in [0.2, 0.25) is 5.56 Å². The molecule has 1 aromatic heterocycles. The lowest BCUT2D eigenvalue weighted by atomic mass is 9.98. The molecule has 0 aliphatic heterocycles. The topological polar surface area (TPSA) is 164 Å². The van der Waals surface area contributed by atoms with Crippen LogP contribution in [0, 0.1) is 0 Å². The number of hydrogen-bond acceptors (Lipinski definition) is 7. The number of aromatic amines is 1. The Morgan fingerprint density at radius 1 is 0.828 bits per heavy atom. The van der Waals surface area contributed by atoms with E-state index in [0.29, 0.717) is 46.4 Å². The van der Waals surface area contributed by atoms with E-state index >= 15 is 0 Å². The summed E-state index contributed by atoms with van der Waals surface area (Å²) in [6.45, 7) is 0.714. The number of alkyl halides is 3. The molecule has 0 bridgehead atoms. The highest BCUT2D eigenvalue weighted by molar-refractivity contribution is 5.94. The molecule has 0 saturated carbocycles. The number of carbonyl (C=O) groups excluding carboxylic acids is 1. The van der Waals surface area contributed by atoms with Crippen LogP contribution in [-0.2, 0) is 19.3 Å². The van der Waals surface area contributed by atoms with Crippen molar-refractivity contribution in [1.82, 2.24) is 20.5 Å². The number of nitrogens with zero attached hydrogens (tertiary/aromatic N) is 1. The van der Waals surface area contributed by atoms with Crippen LogP contribution < -0.4 is 20.9 Å². The van der Waals surface area contributed by atoms with E-state index in [1.165, 1.54) is 35.2 Å². The number of aliphatic hydroxyl groups is 1. The number of H-pyrrole nitrogens is 1. The minimum atomic E-state index is -4.55. The number of aromatic hydroxyl groups is 1. The molecule has 0 aliphatic carbocycles. The predicted octanol–water partition coefficient (Wildman–Crippen LogP) is 7.54. The number of carboxylic acid groups (broad SMARTS) is 1. The molecule has 2 atom stereocenters. The first kappa shape index (κ1) is 41.0. The van der Waals surface area contributed by atoms with Crippen LogP contribution in [0.2, 0.25) is 0 Å². The Labute approximate surface area is 331 Å². The van der Waals surface area contributed by atoms with E-state index in [1.54, 1.807) is 54.6 Å². The van der Waals surface area contributed by atoms with E-state index in [2.05, 4.69) is 15.6 Å². The van der Waals surface area contributed by atoms with Gasteiger partial charge in [0, 0.05) is 36.7 Å². The normalized spacial score (nSPS) is 12.5. The largest absolute Gasteiger partial charge is 0.506 e. The second-order valence-electron chi connectivity index (χ2n) is 13.6. The van der Waals surface area contributed by atoms with Crippen molar-refractivity contribution in [3.63, 3.8) is 0 Å². The average molecular weight is 795 g/mol. The molecule has 0 radical (unpaired) electrons. The number of pyridine rings is 1. The van der Waals surface area contributed by atoms with Crippen molar-refractivity contribution in [1.29, 1.82) is 0 Å². The monoisotopic (exact) mass is 794 g/mol. The minimum absolute atomic E-state index is 0.0784. The minimum Gasteiger partial charge on any atom is -0.506 e. The number of phenols is 1. The Hall–Kier alpha value is -6.64. The lowest BCUT2D eigenvalue weighted by Gasteiger charge is -2.24. The van der Waals surface area contributed by atoms with Gasteiger partial charge in [-0.25, -0.2) is 4.79 Å². The number of halogens is 3. The number of carbonyl (C=O) groups is 2. The van der Waals surface area contributed by atoms with Gasteiger partial charge in [-0.1, -0.05) is 72.8 Å². The summed E-state index contributed by atoms with van der Waals surface area (Å²) in [4.78, 5) is 41.2. The molecule has 58 heavy (non-hydrogen) atoms. The number of aliphatic hydroxyl groups excluding tert-OH is 1. The first-order valence-corrected chi connectivity index (χ1v) is 18.4. The first-order valence-electron chi connectivity index (χ1n) is 18.4. The first-order chi connectivity index (χ1) is 27.9. The number of hydrogen-bond donors (Lipinski definition) is 6. The van der Waals surface area contributed by atoms with Gasteiger partial charge in [0.15, 0.2) is 0 Å². The van der Waals surface area contributed by atoms with E-state index in [4.69, 9.17) is 4.74 Å². The number of benzene rings is 5. The third-order valence-corrected chi connectivity index (χ3v) is 9.50. The fraction of sp³-hybridized carbons (Fsp3) is 0.205. The summed E-state index contributed by atoms with van der Waals surface area (Å²) >= 11 is 0. The highest BCUT2D eigenvalue weighted by atomic mass is 19.4. The van der Waals surface area contributed by atoms with Crippen molar-refractivity contribution in [2.24, 2.45) is 0 Å². The molecule has 6 N–H and O–H groups in total. The third kappa shape index (κ3) is 10.6. The molecule has 0 spiro atoms. The molecule has 6 rings (SSSR count). The molecule has 11 nitrogen and oxygen atoms in total. The molecule has 6 aromatic rings. The Balaban J connectivity index is 1.10. The van der Waals surface area contributed by atoms with Crippen LogP contribution in [0.4, 0.5) is 18.0 Å². The van der Waals surface area contributed by atoms with Gasteiger partial charge in [0.25, 0.3) is 5.91 Å². The maximum Gasteiger partial charge on any atom is 0.416 e. The van der Waals surface area contributed by atoms with Crippen molar-refractivity contribution in [3.05, 3.63) is 177 Å². The van der Waals surface area contributed by atoms with Gasteiger partial charge in [-0.2, -0.15) is 13.2 Å². The van der Waals surface area contributed by atoms with Crippen molar-refractivity contribution < 1.29 is 42.8 Å². The summed E-state index contributed by atoms with van der Waals surface area (Å²) in [5, 5.41) is 36.7. The summed E-state index contributed by atoms with van der Waals surface area (Å²) in [6.07, 6.45) is -6.31. The van der Waals surface area contributed by atoms with Crippen LogP contribution in [0.5, 0.6) is 11.5 Å². The average Bonchev–Trinajstić information content (AvgIpc) is 3.22. The van der Waals surface area contributed by atoms with Crippen LogP contribution in [0.15, 0.2) is 132 Å². The van der Waals surface area contributed by atoms with Gasteiger partial charge in [0.05, 0.1) is 23.2 Å². The van der Waals surface area contributed by atoms with Crippen molar-refractivity contribution >= 4 is 22.9 Å². The summed E-state index contributed by atoms with van der Waals surface area (Å²) in [7, 11) is 0. The van der Waals surface area contributed by atoms with Crippen molar-refractivity contribution in [2.75, 3.05) is 19.6 Å². The highest BCUT2D eigenvalue weighted by Crippen LogP contribution is 2.31. The number of amides is 2. The zero-order valence-electron chi connectivity index (χ0n) is 31.1. The van der Waals surface area contributed by atoms with Crippen LogP contribution in [0.25, 0.3) is 10.9 Å². The van der Waals surface area contributed by atoms with Crippen molar-refractivity contribution in [2.45, 2.75) is 37.9 Å². The van der Waals surface area contributed by atoms with Gasteiger partial charge in [-0.3, -0.25) is 9.59 Å². The van der Waals surface area contributed by atoms with E-state index in [-0.39, 0.29) is 43.4 Å². The molecular weight excluding hydrogens is 753 g/mol. The second-order valence-corrected chi connectivity index (χ2v) is 13.6. The molecule has 2 amide bonds. The fourth-order valence-corrected chi connectivity index (χ4v) is 6.62. The fourth-order valence-electron chi connectivity index (χ4n) is 6.62. The molecule has 14 heteroatoms. The Morgan fingerprint density at radius 3 is 2.31 bits per heavy atom. The Kier molecular flexibility index (Phi) is 13.1. The van der Waals surface area contributed by atoms with Crippen LogP contribution in [0.3, 0.4) is 0 Å². The summed E-state index contributed by atoms with van der Waals surface area (Å²) in [5.74, 6) is -0.00973. The molecule has 300 valence electrons. The van der Waals surface area contributed by atoms with E-state index in [9.17, 15) is 42.9 Å². The van der Waals surface area contributed by atoms with E-state index < -0.39 is 35.5 Å². The zero-order chi connectivity index (χ0) is 41.2. The van der Waals surface area contributed by atoms with E-state index in [0.717, 1.165) is 23.3 Å². The van der Waals surface area contributed by atoms with Gasteiger partial charge in [0.1, 0.15) is 18.1 Å². The maximum atomic E-state index is 13.9. The smallest absolute Gasteiger partial charge is 0.416 e. The second kappa shape index (κ2) is 18.5. The molecular formula is C44H41F3N4O7. The number of rotatable bonds is 16. The van der Waals surface area contributed by atoms with Crippen LogP contribution >= 0.6 is 0 Å². The molecule has 0 saturated heterocycles. The highest BCUT2D eigenvalue weighted by Gasteiger charge is 2.30. The lowest BCUT2D eigenvalue weighted by molar-refractivity contribution is -0.137. The van der Waals surface area contributed by atoms with Gasteiger partial charge >= 0.3 is 12.3 Å². The summed E-state index contributed by atoms with van der Waals surface area (Å²) in [6, 6.07) is 32.9. The number of fused-ring (bicyclic) bond motifs is 1. The molecule has 1 unspecified atom stereocenters. The molecule has 0 fully saturated rings. The third-order valence-electron chi connectivity index (χ3n) is 9.50. The van der Waals surface area contributed by atoms with Gasteiger partial charge < -0.3 is 40.6 Å². The SMILES string of the molecule is O=C(O)N[C@@H](c1ccccc1)c1cccc(OCc2ccc(C(=O)N(CCCNCC(O)c3ccc(O)c4[nH]c(=O)ccc34)Cc3cccc(C(F)(F)F)c3)cc2)c1. The molecule has 5 aromatic carbocycles. The number of phenolic OH excluding ortho intramolecular Hbond substituents is 1. The number of nitrogens with one attached hydrogen (secondary N) is 3. The number of ether oxygens (including phenoxy) is 1. The van der Waals surface area contributed by atoms with Crippen LogP contribution in [-0.4, -0.2) is 56.8 Å². The van der Waals surface area contributed by atoms with Crippen LogP contribution in [0.1, 0.15) is 62.3 Å². The lowest BCUT2D eigenvalue weighted by Crippen LogP contribution is -2.33. The Bertz CT molecular complexity index is 2410. The van der Waals surface area contributed by atoms with Gasteiger partial charge in [-0.05, 0) is 89.3 Å². The zero-order valence-corrected chi connectivity index (χ0v) is 31.1. The Morgan fingerprint density at radius 2 is 1.57 bits per heavy atom. The predicted molar refractivity (Wildman–Crippen MR) is 212 cm³/mol. The molecule has 0 aliphatic rings. The van der Waals surface area contributed by atoms with Crippen molar-refractivity contribution in [3.8, 4) is 11.5 Å².